The average molecular weight is 365 g/mol. The Morgan fingerprint density at radius 3 is 2.26 bits per heavy atom. The first-order chi connectivity index (χ1) is 12.7. The number of nitrogens with one attached hydrogen (secondary N) is 1. The summed E-state index contributed by atoms with van der Waals surface area (Å²) in [7, 11) is 3.52. The molecule has 0 spiro atoms. The molecule has 7 nitrogen and oxygen atoms in total. The van der Waals surface area contributed by atoms with Crippen LogP contribution in [0.1, 0.15) is 53.1 Å². The van der Waals surface area contributed by atoms with Gasteiger partial charge in [0.1, 0.15) is 5.69 Å². The van der Waals surface area contributed by atoms with E-state index in [0.717, 1.165) is 5.69 Å². The predicted molar refractivity (Wildman–Crippen MR) is 103 cm³/mol. The molecule has 0 fully saturated rings. The van der Waals surface area contributed by atoms with Gasteiger partial charge in [-0.1, -0.05) is 20.8 Å². The van der Waals surface area contributed by atoms with E-state index in [-0.39, 0.29) is 17.1 Å². The number of nitrogens with zero attached hydrogens (tertiary/aromatic N) is 4. The maximum Gasteiger partial charge on any atom is 0.273 e. The van der Waals surface area contributed by atoms with Crippen LogP contribution in [0.2, 0.25) is 0 Å². The normalized spacial score (nSPS) is 11.4. The minimum absolute atomic E-state index is 0.136. The molecule has 0 saturated heterocycles. The van der Waals surface area contributed by atoms with Crippen LogP contribution >= 0.6 is 0 Å². The fourth-order valence-electron chi connectivity index (χ4n) is 2.66. The number of imidazole rings is 1. The molecule has 140 valence electrons. The van der Waals surface area contributed by atoms with Crippen molar-refractivity contribution in [2.75, 3.05) is 5.32 Å². The number of hydrogen-bond acceptors (Lipinski definition) is 4. The van der Waals surface area contributed by atoms with Crippen LogP contribution in [-0.2, 0) is 19.5 Å². The SMILES string of the molecule is Cn1ccnc1C(=O)c1ccc(NC(=O)c2cc(C(C)(C)C)nn2C)cc1. The van der Waals surface area contributed by atoms with Crippen LogP contribution in [0, 0.1) is 0 Å². The Kier molecular flexibility index (Phi) is 4.70. The molecule has 0 aliphatic carbocycles. The Balaban J connectivity index is 1.75. The van der Waals surface area contributed by atoms with E-state index in [4.69, 9.17) is 0 Å². The van der Waals surface area contributed by atoms with Crippen molar-refractivity contribution >= 4 is 17.4 Å². The molecule has 0 bridgehead atoms. The van der Waals surface area contributed by atoms with Crippen LogP contribution in [0.25, 0.3) is 0 Å². The first-order valence-corrected chi connectivity index (χ1v) is 8.65. The molecule has 7 heteroatoms. The van der Waals surface area contributed by atoms with Crippen molar-refractivity contribution in [2.24, 2.45) is 14.1 Å². The number of rotatable bonds is 4. The summed E-state index contributed by atoms with van der Waals surface area (Å²) in [5.74, 6) is -0.0399. The number of hydrogen-bond donors (Lipinski definition) is 1. The van der Waals surface area contributed by atoms with E-state index in [1.165, 1.54) is 0 Å². The van der Waals surface area contributed by atoms with Gasteiger partial charge in [0.25, 0.3) is 5.91 Å². The van der Waals surface area contributed by atoms with Crippen molar-refractivity contribution in [1.82, 2.24) is 19.3 Å². The second kappa shape index (κ2) is 6.83. The van der Waals surface area contributed by atoms with Gasteiger partial charge in [-0.15, -0.1) is 0 Å². The number of ketones is 1. The summed E-state index contributed by atoms with van der Waals surface area (Å²) >= 11 is 0. The molecule has 27 heavy (non-hydrogen) atoms. The molecular weight excluding hydrogens is 342 g/mol. The Labute approximate surface area is 158 Å². The van der Waals surface area contributed by atoms with E-state index in [0.29, 0.717) is 22.8 Å². The number of aromatic nitrogens is 4. The van der Waals surface area contributed by atoms with Gasteiger partial charge in [-0.05, 0) is 30.3 Å². The molecule has 0 atom stereocenters. The van der Waals surface area contributed by atoms with Crippen molar-refractivity contribution in [3.63, 3.8) is 0 Å². The number of benzene rings is 1. The van der Waals surface area contributed by atoms with Crippen LogP contribution < -0.4 is 5.32 Å². The highest BCUT2D eigenvalue weighted by Crippen LogP contribution is 2.22. The average Bonchev–Trinajstić information content (AvgIpc) is 3.20. The molecule has 1 N–H and O–H groups in total. The molecule has 0 radical (unpaired) electrons. The quantitative estimate of drug-likeness (QED) is 0.721. The van der Waals surface area contributed by atoms with Crippen molar-refractivity contribution in [1.29, 1.82) is 0 Å². The minimum Gasteiger partial charge on any atom is -0.331 e. The first kappa shape index (κ1) is 18.6. The van der Waals surface area contributed by atoms with Gasteiger partial charge in [0.2, 0.25) is 5.78 Å². The zero-order valence-corrected chi connectivity index (χ0v) is 16.1. The van der Waals surface area contributed by atoms with Gasteiger partial charge in [0.15, 0.2) is 5.82 Å². The predicted octanol–water partition coefficient (Wildman–Crippen LogP) is 2.93. The molecule has 0 aliphatic heterocycles. The summed E-state index contributed by atoms with van der Waals surface area (Å²) in [5.41, 5.74) is 2.32. The molecule has 1 amide bonds. The topological polar surface area (TPSA) is 81.8 Å². The molecule has 3 aromatic rings. The van der Waals surface area contributed by atoms with Crippen LogP contribution in [0.3, 0.4) is 0 Å². The van der Waals surface area contributed by atoms with E-state index >= 15 is 0 Å². The lowest BCUT2D eigenvalue weighted by molar-refractivity contribution is 0.101. The summed E-state index contributed by atoms with van der Waals surface area (Å²) < 4.78 is 3.25. The van der Waals surface area contributed by atoms with Gasteiger partial charge in [-0.25, -0.2) is 4.98 Å². The highest BCUT2D eigenvalue weighted by Gasteiger charge is 2.22. The highest BCUT2D eigenvalue weighted by molar-refractivity contribution is 6.07. The molecule has 2 aromatic heterocycles. The first-order valence-electron chi connectivity index (χ1n) is 8.65. The van der Waals surface area contributed by atoms with E-state index in [1.54, 1.807) is 66.1 Å². The van der Waals surface area contributed by atoms with Crippen molar-refractivity contribution in [2.45, 2.75) is 26.2 Å². The fourth-order valence-corrected chi connectivity index (χ4v) is 2.66. The molecule has 3 rings (SSSR count). The summed E-state index contributed by atoms with van der Waals surface area (Å²) in [6.45, 7) is 6.15. The molecule has 2 heterocycles. The smallest absolute Gasteiger partial charge is 0.273 e. The second-order valence-electron chi connectivity index (χ2n) is 7.51. The number of aryl methyl sites for hydroxylation is 2. The third kappa shape index (κ3) is 3.81. The van der Waals surface area contributed by atoms with Crippen LogP contribution in [0.5, 0.6) is 0 Å². The molecular formula is C20H23N5O2. The Hall–Kier alpha value is -3.22. The fraction of sp³-hybridized carbons (Fsp3) is 0.300. The third-order valence-electron chi connectivity index (χ3n) is 4.31. The van der Waals surface area contributed by atoms with Crippen LogP contribution in [-0.4, -0.2) is 31.0 Å². The second-order valence-corrected chi connectivity index (χ2v) is 7.51. The molecule has 0 aliphatic rings. The van der Waals surface area contributed by atoms with Gasteiger partial charge >= 0.3 is 0 Å². The van der Waals surface area contributed by atoms with Crippen molar-refractivity contribution in [3.8, 4) is 0 Å². The van der Waals surface area contributed by atoms with Gasteiger partial charge in [-0.2, -0.15) is 5.10 Å². The van der Waals surface area contributed by atoms with Gasteiger partial charge in [0, 0.05) is 43.2 Å². The van der Waals surface area contributed by atoms with Gasteiger partial charge < -0.3 is 9.88 Å². The van der Waals surface area contributed by atoms with E-state index in [9.17, 15) is 9.59 Å². The molecule has 0 saturated carbocycles. The van der Waals surface area contributed by atoms with Crippen molar-refractivity contribution < 1.29 is 9.59 Å². The van der Waals surface area contributed by atoms with Crippen LogP contribution in [0.4, 0.5) is 5.69 Å². The maximum atomic E-state index is 12.6. The Morgan fingerprint density at radius 2 is 1.74 bits per heavy atom. The maximum absolute atomic E-state index is 12.6. The number of carbonyl (C=O) groups excluding carboxylic acids is 2. The monoisotopic (exact) mass is 365 g/mol. The van der Waals surface area contributed by atoms with E-state index in [1.807, 2.05) is 20.8 Å². The molecule has 1 aromatic carbocycles. The lowest BCUT2D eigenvalue weighted by Crippen LogP contribution is -2.16. The Morgan fingerprint density at radius 1 is 1.07 bits per heavy atom. The van der Waals surface area contributed by atoms with Crippen molar-refractivity contribution in [3.05, 3.63) is 65.5 Å². The zero-order valence-electron chi connectivity index (χ0n) is 16.1. The zero-order chi connectivity index (χ0) is 19.8. The van der Waals surface area contributed by atoms with E-state index < -0.39 is 0 Å². The van der Waals surface area contributed by atoms with E-state index in [2.05, 4.69) is 15.4 Å². The lowest BCUT2D eigenvalue weighted by atomic mass is 9.92. The summed E-state index contributed by atoms with van der Waals surface area (Å²) in [4.78, 5) is 29.1. The lowest BCUT2D eigenvalue weighted by Gasteiger charge is -2.13. The third-order valence-corrected chi connectivity index (χ3v) is 4.31. The summed E-state index contributed by atoms with van der Waals surface area (Å²) in [5, 5.41) is 7.26. The standard InChI is InChI=1S/C20H23N5O2/c1-20(2,3)16-12-15(25(5)23-16)19(27)22-14-8-6-13(7-9-14)17(26)18-21-10-11-24(18)4/h6-12H,1-5H3,(H,22,27). The number of carbonyl (C=O) groups is 2. The van der Waals surface area contributed by atoms with Crippen LogP contribution in [0.15, 0.2) is 42.7 Å². The highest BCUT2D eigenvalue weighted by atomic mass is 16.2. The molecule has 0 unspecified atom stereocenters. The summed E-state index contributed by atoms with van der Waals surface area (Å²) in [6, 6.07) is 8.56. The Bertz CT molecular complexity index is 990. The summed E-state index contributed by atoms with van der Waals surface area (Å²) in [6.07, 6.45) is 3.31. The minimum atomic E-state index is -0.247. The van der Waals surface area contributed by atoms with Gasteiger partial charge in [-0.3, -0.25) is 14.3 Å². The number of anilines is 1. The number of amides is 1. The largest absolute Gasteiger partial charge is 0.331 e. The van der Waals surface area contributed by atoms with Gasteiger partial charge in [0.05, 0.1) is 5.69 Å².